The Kier molecular flexibility index (Phi) is 4.17. The van der Waals surface area contributed by atoms with Crippen LogP contribution in [0.5, 0.6) is 0 Å². The molecule has 1 fully saturated rings. The number of ether oxygens (including phenoxy) is 1. The van der Waals surface area contributed by atoms with Crippen LogP contribution in [0.4, 0.5) is 0 Å². The second-order valence-corrected chi connectivity index (χ2v) is 6.01. The first-order chi connectivity index (χ1) is 8.99. The number of aromatic nitrogens is 2. The van der Waals surface area contributed by atoms with Crippen LogP contribution in [0.1, 0.15) is 6.92 Å². The van der Waals surface area contributed by atoms with E-state index in [0.717, 1.165) is 0 Å². The minimum atomic E-state index is -3.58. The summed E-state index contributed by atoms with van der Waals surface area (Å²) in [5.74, 6) is -0.0361. The Morgan fingerprint density at radius 2 is 2.47 bits per heavy atom. The molecule has 1 saturated heterocycles. The predicted octanol–water partition coefficient (Wildman–Crippen LogP) is -1.06. The van der Waals surface area contributed by atoms with Crippen LogP contribution in [0.25, 0.3) is 0 Å². The summed E-state index contributed by atoms with van der Waals surface area (Å²) in [4.78, 5) is 13.0. The summed E-state index contributed by atoms with van der Waals surface area (Å²) in [5, 5.41) is 6.03. The third kappa shape index (κ3) is 3.52. The molecule has 0 aromatic carbocycles. The molecule has 2 N–H and O–H groups in total. The molecule has 0 radical (unpaired) electrons. The van der Waals surface area contributed by atoms with Gasteiger partial charge in [0.05, 0.1) is 18.9 Å². The highest BCUT2D eigenvalue weighted by molar-refractivity contribution is 7.89. The first kappa shape index (κ1) is 14.0. The van der Waals surface area contributed by atoms with Crippen molar-refractivity contribution >= 4 is 15.9 Å². The van der Waals surface area contributed by atoms with Gasteiger partial charge in [-0.05, 0) is 0 Å². The average Bonchev–Trinajstić information content (AvgIpc) is 2.91. The molecule has 19 heavy (non-hydrogen) atoms. The molecule has 8 nitrogen and oxygen atoms in total. The number of hydrogen-bond donors (Lipinski definition) is 2. The van der Waals surface area contributed by atoms with E-state index >= 15 is 0 Å². The number of aromatic amines is 1. The van der Waals surface area contributed by atoms with Crippen molar-refractivity contribution in [2.24, 2.45) is 0 Å². The molecule has 0 aliphatic carbocycles. The van der Waals surface area contributed by atoms with Crippen LogP contribution < -0.4 is 4.72 Å². The Balaban J connectivity index is 1.90. The van der Waals surface area contributed by atoms with Crippen molar-refractivity contribution in [3.63, 3.8) is 0 Å². The number of sulfonamides is 1. The topological polar surface area (TPSA) is 104 Å². The highest BCUT2D eigenvalue weighted by Crippen LogP contribution is 2.08. The summed E-state index contributed by atoms with van der Waals surface area (Å²) in [6.45, 7) is 2.95. The predicted molar refractivity (Wildman–Crippen MR) is 65.8 cm³/mol. The molecule has 9 heteroatoms. The van der Waals surface area contributed by atoms with Crippen LogP contribution >= 0.6 is 0 Å². The third-order valence-electron chi connectivity index (χ3n) is 2.87. The molecule has 0 saturated carbocycles. The number of nitrogens with zero attached hydrogens (tertiary/aromatic N) is 2. The zero-order valence-corrected chi connectivity index (χ0v) is 11.3. The van der Waals surface area contributed by atoms with E-state index in [0.29, 0.717) is 19.7 Å². The van der Waals surface area contributed by atoms with Crippen molar-refractivity contribution in [1.29, 1.82) is 0 Å². The summed E-state index contributed by atoms with van der Waals surface area (Å²) < 4.78 is 31.6. The van der Waals surface area contributed by atoms with Gasteiger partial charge in [0.2, 0.25) is 15.9 Å². The van der Waals surface area contributed by atoms with Gasteiger partial charge in [-0.2, -0.15) is 5.10 Å². The maximum Gasteiger partial charge on any atom is 0.243 e. The zero-order valence-electron chi connectivity index (χ0n) is 10.5. The molecule has 2 rings (SSSR count). The second-order valence-electron chi connectivity index (χ2n) is 4.24. The molecule has 1 aliphatic rings. The van der Waals surface area contributed by atoms with Crippen LogP contribution in [-0.4, -0.2) is 61.8 Å². The molecule has 106 valence electrons. The molecule has 1 atom stereocenters. The molecule has 2 heterocycles. The third-order valence-corrected chi connectivity index (χ3v) is 4.26. The highest BCUT2D eigenvalue weighted by atomic mass is 32.2. The highest BCUT2D eigenvalue weighted by Gasteiger charge is 2.24. The van der Waals surface area contributed by atoms with E-state index in [1.165, 1.54) is 19.3 Å². The van der Waals surface area contributed by atoms with Crippen LogP contribution in [0.2, 0.25) is 0 Å². The standard InChI is InChI=1S/C10H16N4O4S/c1-8(15)14-2-3-18-9(7-14)4-13-19(16,17)10-5-11-12-6-10/h5-6,9,13H,2-4,7H2,1H3,(H,11,12). The Hall–Kier alpha value is -1.45. The molecule has 0 bridgehead atoms. The van der Waals surface area contributed by atoms with Gasteiger partial charge >= 0.3 is 0 Å². The van der Waals surface area contributed by atoms with Crippen molar-refractivity contribution in [1.82, 2.24) is 19.8 Å². The van der Waals surface area contributed by atoms with Gasteiger partial charge in [0, 0.05) is 32.8 Å². The number of carbonyl (C=O) groups excluding carboxylic acids is 1. The summed E-state index contributed by atoms with van der Waals surface area (Å²) in [6, 6.07) is 0. The fourth-order valence-electron chi connectivity index (χ4n) is 1.80. The molecule has 1 aromatic rings. The van der Waals surface area contributed by atoms with Gasteiger partial charge in [0.1, 0.15) is 4.90 Å². The average molecular weight is 288 g/mol. The quantitative estimate of drug-likeness (QED) is 0.734. The van der Waals surface area contributed by atoms with E-state index in [9.17, 15) is 13.2 Å². The van der Waals surface area contributed by atoms with E-state index in [4.69, 9.17) is 4.74 Å². The SMILES string of the molecule is CC(=O)N1CCOC(CNS(=O)(=O)c2cn[nH]c2)C1. The van der Waals surface area contributed by atoms with E-state index in [1.807, 2.05) is 0 Å². The Bertz CT molecular complexity index is 528. The summed E-state index contributed by atoms with van der Waals surface area (Å²) in [5.41, 5.74) is 0. The van der Waals surface area contributed by atoms with Crippen molar-refractivity contribution in [2.75, 3.05) is 26.2 Å². The molecular weight excluding hydrogens is 272 g/mol. The maximum atomic E-state index is 11.8. The van der Waals surface area contributed by atoms with E-state index in [2.05, 4.69) is 14.9 Å². The minimum Gasteiger partial charge on any atom is -0.373 e. The Labute approximate surface area is 111 Å². The lowest BCUT2D eigenvalue weighted by Crippen LogP contribution is -2.48. The fraction of sp³-hybridized carbons (Fsp3) is 0.600. The Morgan fingerprint density at radius 3 is 3.11 bits per heavy atom. The monoisotopic (exact) mass is 288 g/mol. The van der Waals surface area contributed by atoms with Gasteiger partial charge in [-0.25, -0.2) is 13.1 Å². The lowest BCUT2D eigenvalue weighted by atomic mass is 10.3. The zero-order chi connectivity index (χ0) is 13.9. The lowest BCUT2D eigenvalue weighted by Gasteiger charge is -2.32. The van der Waals surface area contributed by atoms with Gasteiger partial charge in [0.15, 0.2) is 0 Å². The normalized spacial score (nSPS) is 20.5. The number of H-pyrrole nitrogens is 1. The molecule has 1 amide bonds. The van der Waals surface area contributed by atoms with Gasteiger partial charge in [-0.15, -0.1) is 0 Å². The smallest absolute Gasteiger partial charge is 0.243 e. The largest absolute Gasteiger partial charge is 0.373 e. The number of morpholine rings is 1. The van der Waals surface area contributed by atoms with Crippen LogP contribution in [-0.2, 0) is 19.6 Å². The number of rotatable bonds is 4. The number of carbonyl (C=O) groups is 1. The van der Waals surface area contributed by atoms with Gasteiger partial charge in [-0.3, -0.25) is 9.89 Å². The van der Waals surface area contributed by atoms with Gasteiger partial charge in [0.25, 0.3) is 0 Å². The van der Waals surface area contributed by atoms with Crippen molar-refractivity contribution < 1.29 is 17.9 Å². The van der Waals surface area contributed by atoms with E-state index < -0.39 is 10.0 Å². The summed E-state index contributed by atoms with van der Waals surface area (Å²) in [7, 11) is -3.58. The molecule has 1 unspecified atom stereocenters. The number of nitrogens with one attached hydrogen (secondary N) is 2. The van der Waals surface area contributed by atoms with Crippen LogP contribution in [0.15, 0.2) is 17.3 Å². The van der Waals surface area contributed by atoms with Gasteiger partial charge < -0.3 is 9.64 Å². The molecule has 0 spiro atoms. The molecular formula is C10H16N4O4S. The van der Waals surface area contributed by atoms with Crippen molar-refractivity contribution in [3.05, 3.63) is 12.4 Å². The first-order valence-electron chi connectivity index (χ1n) is 5.84. The van der Waals surface area contributed by atoms with Crippen molar-refractivity contribution in [2.45, 2.75) is 17.9 Å². The van der Waals surface area contributed by atoms with Gasteiger partial charge in [-0.1, -0.05) is 0 Å². The number of amides is 1. The fourth-order valence-corrected chi connectivity index (χ4v) is 2.77. The Morgan fingerprint density at radius 1 is 1.68 bits per heavy atom. The minimum absolute atomic E-state index is 0.0361. The lowest BCUT2D eigenvalue weighted by molar-refractivity contribution is -0.136. The molecule has 1 aromatic heterocycles. The van der Waals surface area contributed by atoms with E-state index in [-0.39, 0.29) is 23.5 Å². The first-order valence-corrected chi connectivity index (χ1v) is 7.33. The van der Waals surface area contributed by atoms with Crippen molar-refractivity contribution in [3.8, 4) is 0 Å². The van der Waals surface area contributed by atoms with Crippen LogP contribution in [0, 0.1) is 0 Å². The summed E-state index contributed by atoms with van der Waals surface area (Å²) in [6.07, 6.45) is 2.19. The van der Waals surface area contributed by atoms with E-state index in [1.54, 1.807) is 4.90 Å². The maximum absolute atomic E-state index is 11.8. The second kappa shape index (κ2) is 5.68. The van der Waals surface area contributed by atoms with Crippen LogP contribution in [0.3, 0.4) is 0 Å². The summed E-state index contributed by atoms with van der Waals surface area (Å²) >= 11 is 0. The molecule has 1 aliphatic heterocycles. The number of hydrogen-bond acceptors (Lipinski definition) is 5.